The third-order valence-electron chi connectivity index (χ3n) is 5.18. The van der Waals surface area contributed by atoms with Crippen molar-refractivity contribution in [1.82, 2.24) is 4.90 Å². The second-order valence-electron chi connectivity index (χ2n) is 8.03. The van der Waals surface area contributed by atoms with E-state index in [4.69, 9.17) is 14.2 Å². The fraction of sp³-hybridized carbons (Fsp3) is 0.708. The average molecular weight is 421 g/mol. The topological polar surface area (TPSA) is 60.0 Å². The summed E-state index contributed by atoms with van der Waals surface area (Å²) in [7, 11) is 0. The largest absolute Gasteiger partial charge is 0.494 e. The van der Waals surface area contributed by atoms with Crippen LogP contribution in [-0.2, 0) is 9.47 Å². The van der Waals surface area contributed by atoms with Crippen LogP contribution in [0, 0.1) is 0 Å². The minimum Gasteiger partial charge on any atom is -0.494 e. The van der Waals surface area contributed by atoms with Crippen LogP contribution in [-0.4, -0.2) is 56.6 Å². The highest BCUT2D eigenvalue weighted by molar-refractivity contribution is 5.85. The summed E-state index contributed by atoms with van der Waals surface area (Å²) in [6.45, 7) is 8.94. The zero-order valence-corrected chi connectivity index (χ0v) is 18.9. The molecule has 0 aromatic heterocycles. The minimum absolute atomic E-state index is 0.266. The maximum absolute atomic E-state index is 12.5. The van der Waals surface area contributed by atoms with Gasteiger partial charge in [-0.1, -0.05) is 45.6 Å². The number of hydrogen-bond acceptors (Lipinski definition) is 5. The van der Waals surface area contributed by atoms with E-state index < -0.39 is 6.09 Å². The molecule has 1 aromatic rings. The number of likely N-dealkylation sites (tertiary alicyclic amines) is 1. The Labute approximate surface area is 182 Å². The smallest absolute Gasteiger partial charge is 0.412 e. The number of anilines is 1. The van der Waals surface area contributed by atoms with Gasteiger partial charge in [-0.15, -0.1) is 0 Å². The van der Waals surface area contributed by atoms with Crippen molar-refractivity contribution in [2.45, 2.75) is 71.3 Å². The highest BCUT2D eigenvalue weighted by Gasteiger charge is 2.21. The Morgan fingerprint density at radius 2 is 1.87 bits per heavy atom. The summed E-state index contributed by atoms with van der Waals surface area (Å²) in [6.07, 6.45) is 8.68. The molecular formula is C24H40N2O4. The van der Waals surface area contributed by atoms with E-state index in [-0.39, 0.29) is 6.10 Å². The predicted molar refractivity (Wildman–Crippen MR) is 121 cm³/mol. The summed E-state index contributed by atoms with van der Waals surface area (Å²) >= 11 is 0. The predicted octanol–water partition coefficient (Wildman–Crippen LogP) is 5.48. The maximum atomic E-state index is 12.5. The lowest BCUT2D eigenvalue weighted by Crippen LogP contribution is -2.37. The molecule has 1 atom stereocenters. The van der Waals surface area contributed by atoms with Gasteiger partial charge in [-0.3, -0.25) is 10.2 Å². The Hall–Kier alpha value is -1.79. The monoisotopic (exact) mass is 420 g/mol. The zero-order chi connectivity index (χ0) is 21.4. The van der Waals surface area contributed by atoms with Crippen molar-refractivity contribution in [2.75, 3.05) is 44.8 Å². The van der Waals surface area contributed by atoms with Crippen LogP contribution < -0.4 is 10.1 Å². The molecule has 1 amide bonds. The van der Waals surface area contributed by atoms with E-state index >= 15 is 0 Å². The second-order valence-corrected chi connectivity index (χ2v) is 8.03. The van der Waals surface area contributed by atoms with Crippen molar-refractivity contribution in [3.63, 3.8) is 0 Å². The van der Waals surface area contributed by atoms with Crippen molar-refractivity contribution in [3.8, 4) is 5.75 Å². The molecule has 0 saturated carbocycles. The Bertz CT molecular complexity index is 590. The summed E-state index contributed by atoms with van der Waals surface area (Å²) in [5, 5.41) is 2.83. The van der Waals surface area contributed by atoms with Gasteiger partial charge >= 0.3 is 6.09 Å². The number of nitrogens with zero attached hydrogens (tertiary/aromatic N) is 1. The van der Waals surface area contributed by atoms with E-state index in [2.05, 4.69) is 24.1 Å². The lowest BCUT2D eigenvalue weighted by molar-refractivity contribution is 0.0108. The molecule has 30 heavy (non-hydrogen) atoms. The Morgan fingerprint density at radius 3 is 2.63 bits per heavy atom. The average Bonchev–Trinajstić information content (AvgIpc) is 3.24. The minimum atomic E-state index is -0.448. The zero-order valence-electron chi connectivity index (χ0n) is 18.9. The fourth-order valence-electron chi connectivity index (χ4n) is 3.59. The van der Waals surface area contributed by atoms with Gasteiger partial charge in [0.2, 0.25) is 0 Å². The molecule has 2 rings (SSSR count). The number of benzene rings is 1. The number of unbranched alkanes of at least 4 members (excludes halogenated alkanes) is 4. The van der Waals surface area contributed by atoms with Gasteiger partial charge in [-0.2, -0.15) is 0 Å². The third kappa shape index (κ3) is 10.3. The van der Waals surface area contributed by atoms with Gasteiger partial charge < -0.3 is 14.2 Å². The molecule has 6 heteroatoms. The van der Waals surface area contributed by atoms with Crippen LogP contribution in [0.25, 0.3) is 0 Å². The van der Waals surface area contributed by atoms with E-state index in [1.807, 2.05) is 24.3 Å². The van der Waals surface area contributed by atoms with E-state index in [1.54, 1.807) is 0 Å². The fourth-order valence-corrected chi connectivity index (χ4v) is 3.59. The highest BCUT2D eigenvalue weighted by Crippen LogP contribution is 2.18. The van der Waals surface area contributed by atoms with Crippen LogP contribution in [0.2, 0.25) is 0 Å². The molecule has 1 N–H and O–H groups in total. The number of rotatable bonds is 15. The molecule has 6 nitrogen and oxygen atoms in total. The quantitative estimate of drug-likeness (QED) is 0.381. The van der Waals surface area contributed by atoms with Gasteiger partial charge in [0, 0.05) is 24.9 Å². The Kier molecular flexibility index (Phi) is 12.3. The molecule has 1 aliphatic heterocycles. The standard InChI is InChI=1S/C24H40N2O4/c1-3-5-6-7-10-17-29-22-13-11-12-21(18-22)25-24(27)30-23(20-28-16-4-2)19-26-14-8-9-15-26/h11-13,18,23H,3-10,14-17,19-20H2,1-2H3,(H,25,27). The molecule has 0 aliphatic carbocycles. The third-order valence-corrected chi connectivity index (χ3v) is 5.18. The number of carbonyl (C=O) groups excluding carboxylic acids is 1. The van der Waals surface area contributed by atoms with Crippen molar-refractivity contribution in [2.24, 2.45) is 0 Å². The Balaban J connectivity index is 1.77. The molecule has 1 saturated heterocycles. The molecule has 170 valence electrons. The molecule has 1 aliphatic rings. The maximum Gasteiger partial charge on any atom is 0.412 e. The first kappa shape index (κ1) is 24.5. The molecule has 1 aromatic carbocycles. The number of ether oxygens (including phenoxy) is 3. The summed E-state index contributed by atoms with van der Waals surface area (Å²) in [5.74, 6) is 0.767. The number of amides is 1. The van der Waals surface area contributed by atoms with Gasteiger partial charge in [0.05, 0.1) is 13.2 Å². The van der Waals surface area contributed by atoms with Gasteiger partial charge in [0.15, 0.2) is 0 Å². The lowest BCUT2D eigenvalue weighted by Gasteiger charge is -2.23. The molecule has 0 spiro atoms. The molecule has 0 bridgehead atoms. The van der Waals surface area contributed by atoms with Gasteiger partial charge in [-0.05, 0) is 50.9 Å². The van der Waals surface area contributed by atoms with Crippen molar-refractivity contribution in [1.29, 1.82) is 0 Å². The van der Waals surface area contributed by atoms with Crippen LogP contribution in [0.3, 0.4) is 0 Å². The number of carbonyl (C=O) groups is 1. The summed E-state index contributed by atoms with van der Waals surface area (Å²) in [6, 6.07) is 7.49. The summed E-state index contributed by atoms with van der Waals surface area (Å²) < 4.78 is 17.2. The normalized spacial score (nSPS) is 15.1. The summed E-state index contributed by atoms with van der Waals surface area (Å²) in [4.78, 5) is 14.8. The molecule has 0 radical (unpaired) electrons. The lowest BCUT2D eigenvalue weighted by atomic mass is 10.2. The van der Waals surface area contributed by atoms with Crippen LogP contribution in [0.4, 0.5) is 10.5 Å². The SMILES string of the molecule is CCCCCCCOc1cccc(NC(=O)OC(COCCC)CN2CCCC2)c1. The molecule has 1 fully saturated rings. The summed E-state index contributed by atoms with van der Waals surface area (Å²) in [5.41, 5.74) is 0.679. The Morgan fingerprint density at radius 1 is 1.07 bits per heavy atom. The van der Waals surface area contributed by atoms with Gasteiger partial charge in [0.25, 0.3) is 0 Å². The van der Waals surface area contributed by atoms with E-state index in [0.29, 0.717) is 25.5 Å². The number of nitrogens with one attached hydrogen (secondary N) is 1. The van der Waals surface area contributed by atoms with Gasteiger partial charge in [0.1, 0.15) is 11.9 Å². The van der Waals surface area contributed by atoms with E-state index in [0.717, 1.165) is 38.2 Å². The van der Waals surface area contributed by atoms with Crippen LogP contribution in [0.1, 0.15) is 65.2 Å². The first-order valence-corrected chi connectivity index (χ1v) is 11.7. The molecule has 1 unspecified atom stereocenters. The molecule has 1 heterocycles. The first-order valence-electron chi connectivity index (χ1n) is 11.7. The molecular weight excluding hydrogens is 380 g/mol. The number of hydrogen-bond donors (Lipinski definition) is 1. The van der Waals surface area contributed by atoms with Crippen LogP contribution in [0.5, 0.6) is 5.75 Å². The first-order chi connectivity index (χ1) is 14.7. The van der Waals surface area contributed by atoms with Crippen molar-refractivity contribution < 1.29 is 19.0 Å². The van der Waals surface area contributed by atoms with Crippen LogP contribution in [0.15, 0.2) is 24.3 Å². The van der Waals surface area contributed by atoms with Gasteiger partial charge in [-0.25, -0.2) is 4.79 Å². The van der Waals surface area contributed by atoms with Crippen LogP contribution >= 0.6 is 0 Å². The highest BCUT2D eigenvalue weighted by atomic mass is 16.6. The second kappa shape index (κ2) is 15.1. The van der Waals surface area contributed by atoms with Crippen molar-refractivity contribution in [3.05, 3.63) is 24.3 Å². The van der Waals surface area contributed by atoms with Crippen molar-refractivity contribution >= 4 is 11.8 Å². The van der Waals surface area contributed by atoms with E-state index in [1.165, 1.54) is 38.5 Å². The van der Waals surface area contributed by atoms with E-state index in [9.17, 15) is 4.79 Å².